The second-order valence-electron chi connectivity index (χ2n) is 3.61. The van der Waals surface area contributed by atoms with Gasteiger partial charge in [0.2, 0.25) is 0 Å². The van der Waals surface area contributed by atoms with Crippen LogP contribution in [0.2, 0.25) is 5.02 Å². The molecule has 0 radical (unpaired) electrons. The second-order valence-corrected chi connectivity index (χ2v) is 4.02. The Morgan fingerprint density at radius 3 is 2.87 bits per heavy atom. The number of halogens is 1. The fourth-order valence-corrected chi connectivity index (χ4v) is 2.10. The topological polar surface area (TPSA) is 43.8 Å². The van der Waals surface area contributed by atoms with E-state index in [2.05, 4.69) is 16.5 Å². The van der Waals surface area contributed by atoms with Crippen molar-refractivity contribution in [3.8, 4) is 0 Å². The minimum atomic E-state index is -0.0755. The Hall–Kier alpha value is -1.06. The van der Waals surface area contributed by atoms with Crippen LogP contribution in [0.25, 0.3) is 11.0 Å². The van der Waals surface area contributed by atoms with Crippen LogP contribution in [0.1, 0.15) is 25.7 Å². The van der Waals surface area contributed by atoms with Gasteiger partial charge in [-0.15, -0.1) is 0 Å². The first-order chi connectivity index (χ1) is 7.15. The van der Waals surface area contributed by atoms with Gasteiger partial charge in [0.1, 0.15) is 5.82 Å². The number of nitrogens with zero attached hydrogens (tertiary/aromatic N) is 2. The van der Waals surface area contributed by atoms with E-state index in [-0.39, 0.29) is 6.04 Å². The van der Waals surface area contributed by atoms with E-state index in [1.807, 2.05) is 25.1 Å². The fourth-order valence-electron chi connectivity index (χ4n) is 1.83. The van der Waals surface area contributed by atoms with Crippen molar-refractivity contribution >= 4 is 22.6 Å². The van der Waals surface area contributed by atoms with Gasteiger partial charge in [-0.2, -0.15) is 0 Å². The summed E-state index contributed by atoms with van der Waals surface area (Å²) >= 11 is 6.16. The summed E-state index contributed by atoms with van der Waals surface area (Å²) in [5, 5.41) is 0.730. The number of fused-ring (bicyclic) bond motifs is 1. The molecule has 0 unspecified atom stereocenters. The summed E-state index contributed by atoms with van der Waals surface area (Å²) in [5.41, 5.74) is 7.77. The van der Waals surface area contributed by atoms with Gasteiger partial charge in [0, 0.05) is 6.54 Å². The molecule has 1 aromatic heterocycles. The zero-order valence-electron chi connectivity index (χ0n) is 8.87. The van der Waals surface area contributed by atoms with Crippen molar-refractivity contribution in [2.75, 3.05) is 0 Å². The average Bonchev–Trinajstić information content (AvgIpc) is 2.57. The SMILES string of the molecule is CCn1c([C@@H](C)N)nc2cccc(Cl)c21. The molecule has 4 heteroatoms. The highest BCUT2D eigenvalue weighted by molar-refractivity contribution is 6.35. The molecule has 0 fully saturated rings. The smallest absolute Gasteiger partial charge is 0.126 e. The van der Waals surface area contributed by atoms with Crippen LogP contribution >= 0.6 is 11.6 Å². The summed E-state index contributed by atoms with van der Waals surface area (Å²) < 4.78 is 2.07. The Morgan fingerprint density at radius 1 is 1.53 bits per heavy atom. The molecular formula is C11H14ClN3. The molecule has 2 rings (SSSR count). The molecule has 0 spiro atoms. The summed E-state index contributed by atoms with van der Waals surface area (Å²) in [6.45, 7) is 4.83. The van der Waals surface area contributed by atoms with E-state index in [1.165, 1.54) is 0 Å². The number of hydrogen-bond acceptors (Lipinski definition) is 2. The van der Waals surface area contributed by atoms with E-state index >= 15 is 0 Å². The molecule has 3 nitrogen and oxygen atoms in total. The predicted octanol–water partition coefficient (Wildman–Crippen LogP) is 2.73. The van der Waals surface area contributed by atoms with Crippen molar-refractivity contribution in [2.24, 2.45) is 5.73 Å². The van der Waals surface area contributed by atoms with E-state index in [0.29, 0.717) is 0 Å². The molecule has 0 aliphatic carbocycles. The van der Waals surface area contributed by atoms with Crippen molar-refractivity contribution in [1.82, 2.24) is 9.55 Å². The zero-order valence-corrected chi connectivity index (χ0v) is 9.62. The fraction of sp³-hybridized carbons (Fsp3) is 0.364. The van der Waals surface area contributed by atoms with Gasteiger partial charge in [-0.3, -0.25) is 0 Å². The monoisotopic (exact) mass is 223 g/mol. The highest BCUT2D eigenvalue weighted by Gasteiger charge is 2.14. The summed E-state index contributed by atoms with van der Waals surface area (Å²) in [7, 11) is 0. The molecule has 0 saturated carbocycles. The Kier molecular flexibility index (Phi) is 2.67. The highest BCUT2D eigenvalue weighted by atomic mass is 35.5. The Balaban J connectivity index is 2.80. The first kappa shape index (κ1) is 10.5. The molecule has 1 aromatic carbocycles. The summed E-state index contributed by atoms with van der Waals surface area (Å²) in [6.07, 6.45) is 0. The Labute approximate surface area is 93.9 Å². The number of imidazole rings is 1. The lowest BCUT2D eigenvalue weighted by atomic mass is 10.3. The maximum atomic E-state index is 6.16. The molecule has 15 heavy (non-hydrogen) atoms. The third-order valence-corrected chi connectivity index (χ3v) is 2.78. The minimum Gasteiger partial charge on any atom is -0.326 e. The Bertz CT molecular complexity index is 488. The van der Waals surface area contributed by atoms with Crippen LogP contribution in [-0.2, 0) is 6.54 Å². The van der Waals surface area contributed by atoms with Gasteiger partial charge in [-0.25, -0.2) is 4.98 Å². The summed E-state index contributed by atoms with van der Waals surface area (Å²) in [4.78, 5) is 4.50. The normalized spacial score (nSPS) is 13.3. The lowest BCUT2D eigenvalue weighted by Gasteiger charge is -2.08. The third kappa shape index (κ3) is 1.62. The number of aryl methyl sites for hydroxylation is 1. The Morgan fingerprint density at radius 2 is 2.27 bits per heavy atom. The van der Waals surface area contributed by atoms with Crippen LogP contribution in [0, 0.1) is 0 Å². The van der Waals surface area contributed by atoms with Gasteiger partial charge in [-0.05, 0) is 26.0 Å². The molecule has 2 aromatic rings. The minimum absolute atomic E-state index is 0.0755. The predicted molar refractivity (Wildman–Crippen MR) is 63.0 cm³/mol. The van der Waals surface area contributed by atoms with E-state index in [9.17, 15) is 0 Å². The lowest BCUT2D eigenvalue weighted by Crippen LogP contribution is -2.12. The number of hydrogen-bond donors (Lipinski definition) is 1. The first-order valence-corrected chi connectivity index (χ1v) is 5.43. The highest BCUT2D eigenvalue weighted by Crippen LogP contribution is 2.26. The largest absolute Gasteiger partial charge is 0.326 e. The molecule has 1 heterocycles. The number of nitrogens with two attached hydrogens (primary N) is 1. The van der Waals surface area contributed by atoms with Crippen LogP contribution in [0.15, 0.2) is 18.2 Å². The van der Waals surface area contributed by atoms with Gasteiger partial charge >= 0.3 is 0 Å². The molecule has 0 bridgehead atoms. The van der Waals surface area contributed by atoms with Gasteiger partial charge in [-0.1, -0.05) is 17.7 Å². The zero-order chi connectivity index (χ0) is 11.0. The van der Waals surface area contributed by atoms with E-state index in [4.69, 9.17) is 17.3 Å². The number of aromatic nitrogens is 2. The van der Waals surface area contributed by atoms with Crippen molar-refractivity contribution < 1.29 is 0 Å². The van der Waals surface area contributed by atoms with Crippen molar-refractivity contribution in [2.45, 2.75) is 26.4 Å². The van der Waals surface area contributed by atoms with Gasteiger partial charge in [0.25, 0.3) is 0 Å². The summed E-state index contributed by atoms with van der Waals surface area (Å²) in [6, 6.07) is 5.67. The van der Waals surface area contributed by atoms with Crippen molar-refractivity contribution in [1.29, 1.82) is 0 Å². The van der Waals surface area contributed by atoms with E-state index < -0.39 is 0 Å². The van der Waals surface area contributed by atoms with Crippen LogP contribution in [0.5, 0.6) is 0 Å². The second kappa shape index (κ2) is 3.83. The van der Waals surface area contributed by atoms with E-state index in [0.717, 1.165) is 28.4 Å². The maximum Gasteiger partial charge on any atom is 0.126 e. The maximum absolute atomic E-state index is 6.16. The first-order valence-electron chi connectivity index (χ1n) is 5.05. The van der Waals surface area contributed by atoms with Gasteiger partial charge < -0.3 is 10.3 Å². The van der Waals surface area contributed by atoms with Crippen LogP contribution in [0.4, 0.5) is 0 Å². The molecule has 2 N–H and O–H groups in total. The quantitative estimate of drug-likeness (QED) is 0.851. The van der Waals surface area contributed by atoms with Crippen LogP contribution in [0.3, 0.4) is 0 Å². The van der Waals surface area contributed by atoms with Crippen molar-refractivity contribution in [3.63, 3.8) is 0 Å². The van der Waals surface area contributed by atoms with Gasteiger partial charge in [0.15, 0.2) is 0 Å². The molecular weight excluding hydrogens is 210 g/mol. The standard InChI is InChI=1S/C11H14ClN3/c1-3-15-10-8(12)5-4-6-9(10)14-11(15)7(2)13/h4-7H,3,13H2,1-2H3/t7-/m1/s1. The number of benzene rings is 1. The molecule has 0 aliphatic heterocycles. The van der Waals surface area contributed by atoms with Crippen LogP contribution < -0.4 is 5.73 Å². The third-order valence-electron chi connectivity index (χ3n) is 2.47. The van der Waals surface area contributed by atoms with Crippen LogP contribution in [-0.4, -0.2) is 9.55 Å². The lowest BCUT2D eigenvalue weighted by molar-refractivity contribution is 0.650. The molecule has 0 saturated heterocycles. The number of rotatable bonds is 2. The summed E-state index contributed by atoms with van der Waals surface area (Å²) in [5.74, 6) is 0.889. The van der Waals surface area contributed by atoms with Crippen molar-refractivity contribution in [3.05, 3.63) is 29.0 Å². The van der Waals surface area contributed by atoms with E-state index in [1.54, 1.807) is 0 Å². The van der Waals surface area contributed by atoms with Gasteiger partial charge in [0.05, 0.1) is 22.1 Å². The molecule has 0 aliphatic rings. The molecule has 1 atom stereocenters. The molecule has 0 amide bonds. The average molecular weight is 224 g/mol. The molecule has 80 valence electrons. The number of para-hydroxylation sites is 1.